The van der Waals surface area contributed by atoms with Crippen molar-refractivity contribution in [1.82, 2.24) is 0 Å². The van der Waals surface area contributed by atoms with Crippen molar-refractivity contribution < 1.29 is 19.0 Å². The van der Waals surface area contributed by atoms with E-state index >= 15 is 0 Å². The highest BCUT2D eigenvalue weighted by molar-refractivity contribution is 5.89. The second kappa shape index (κ2) is 16.8. The van der Waals surface area contributed by atoms with Crippen LogP contribution in [0.1, 0.15) is 107 Å². The third-order valence-electron chi connectivity index (χ3n) is 6.92. The average molecular weight is 519 g/mol. The first kappa shape index (κ1) is 29.5. The lowest BCUT2D eigenvalue weighted by Crippen LogP contribution is -2.15. The molecule has 3 aromatic carbocycles. The Morgan fingerprint density at radius 3 is 1.92 bits per heavy atom. The van der Waals surface area contributed by atoms with Crippen LogP contribution in [0.3, 0.4) is 0 Å². The topological polar surface area (TPSA) is 44.8 Å². The molecule has 0 saturated heterocycles. The molecule has 0 N–H and O–H groups in total. The molecule has 0 aliphatic heterocycles. The number of rotatable bonds is 18. The van der Waals surface area contributed by atoms with E-state index in [1.807, 2.05) is 43.3 Å². The van der Waals surface area contributed by atoms with Crippen molar-refractivity contribution in [2.24, 2.45) is 0 Å². The summed E-state index contributed by atoms with van der Waals surface area (Å²) in [6.45, 7) is 7.62. The summed E-state index contributed by atoms with van der Waals surface area (Å²) in [5, 5.41) is 2.26. The van der Waals surface area contributed by atoms with E-state index in [4.69, 9.17) is 14.2 Å². The maximum Gasteiger partial charge on any atom is 0.338 e. The fraction of sp³-hybridized carbons (Fsp3) is 0.500. The highest BCUT2D eigenvalue weighted by atomic mass is 16.5. The zero-order valence-electron chi connectivity index (χ0n) is 23.7. The molecule has 0 heterocycles. The van der Waals surface area contributed by atoms with Gasteiger partial charge < -0.3 is 14.2 Å². The summed E-state index contributed by atoms with van der Waals surface area (Å²) in [5.74, 6) is 1.48. The number of carbonyl (C=O) groups is 1. The molecule has 0 aliphatic carbocycles. The predicted octanol–water partition coefficient (Wildman–Crippen LogP) is 9.67. The van der Waals surface area contributed by atoms with Crippen LogP contribution in [0.2, 0.25) is 0 Å². The summed E-state index contributed by atoms with van der Waals surface area (Å²) in [7, 11) is 0. The van der Waals surface area contributed by atoms with Gasteiger partial charge in [0.2, 0.25) is 0 Å². The van der Waals surface area contributed by atoms with Crippen LogP contribution in [0, 0.1) is 0 Å². The molecule has 0 radical (unpaired) electrons. The molecule has 0 spiro atoms. The summed E-state index contributed by atoms with van der Waals surface area (Å²) in [6.07, 6.45) is 13.2. The number of fused-ring (bicyclic) bond motifs is 1. The van der Waals surface area contributed by atoms with Crippen LogP contribution in [0.15, 0.2) is 60.7 Å². The molecule has 0 aliphatic rings. The predicted molar refractivity (Wildman–Crippen MR) is 157 cm³/mol. The quantitative estimate of drug-likeness (QED) is 0.124. The lowest BCUT2D eigenvalue weighted by molar-refractivity contribution is 0.0319. The van der Waals surface area contributed by atoms with Crippen molar-refractivity contribution in [2.45, 2.75) is 104 Å². The van der Waals surface area contributed by atoms with E-state index in [-0.39, 0.29) is 12.1 Å². The lowest BCUT2D eigenvalue weighted by Gasteiger charge is -2.13. The lowest BCUT2D eigenvalue weighted by atomic mass is 10.1. The van der Waals surface area contributed by atoms with Crippen LogP contribution in [0.25, 0.3) is 10.8 Å². The highest BCUT2D eigenvalue weighted by Gasteiger charge is 2.12. The molecule has 3 rings (SSSR count). The summed E-state index contributed by atoms with van der Waals surface area (Å²) < 4.78 is 17.6. The zero-order chi connectivity index (χ0) is 27.0. The van der Waals surface area contributed by atoms with Gasteiger partial charge in [0, 0.05) is 0 Å². The molecule has 1 atom stereocenters. The maximum absolute atomic E-state index is 12.4. The van der Waals surface area contributed by atoms with Crippen molar-refractivity contribution in [3.63, 3.8) is 0 Å². The number of unbranched alkanes of at least 4 members (excludes halogenated alkanes) is 8. The Morgan fingerprint density at radius 2 is 1.26 bits per heavy atom. The fourth-order valence-electron chi connectivity index (χ4n) is 4.53. The van der Waals surface area contributed by atoms with Crippen LogP contribution in [0.5, 0.6) is 11.5 Å². The van der Waals surface area contributed by atoms with E-state index < -0.39 is 0 Å². The molecule has 0 amide bonds. The van der Waals surface area contributed by atoms with Crippen molar-refractivity contribution in [3.05, 3.63) is 71.8 Å². The fourth-order valence-corrected chi connectivity index (χ4v) is 4.53. The van der Waals surface area contributed by atoms with E-state index in [0.717, 1.165) is 53.7 Å². The van der Waals surface area contributed by atoms with Gasteiger partial charge >= 0.3 is 5.97 Å². The summed E-state index contributed by atoms with van der Waals surface area (Å²) >= 11 is 0. The second-order valence-electron chi connectivity index (χ2n) is 10.3. The summed E-state index contributed by atoms with van der Waals surface area (Å²) in [4.78, 5) is 12.4. The Hall–Kier alpha value is -3.01. The molecule has 0 saturated carbocycles. The number of esters is 1. The van der Waals surface area contributed by atoms with Gasteiger partial charge in [-0.15, -0.1) is 0 Å². The molecular weight excluding hydrogens is 472 g/mol. The van der Waals surface area contributed by atoms with E-state index in [1.165, 1.54) is 51.4 Å². The number of hydrogen-bond acceptors (Lipinski definition) is 4. The normalized spacial score (nSPS) is 11.9. The minimum atomic E-state index is -0.259. The molecule has 0 unspecified atom stereocenters. The number of carbonyl (C=O) groups excluding carboxylic acids is 1. The first-order chi connectivity index (χ1) is 18.6. The van der Waals surface area contributed by atoms with Crippen LogP contribution in [-0.4, -0.2) is 18.7 Å². The molecule has 4 nitrogen and oxygen atoms in total. The van der Waals surface area contributed by atoms with Crippen LogP contribution >= 0.6 is 0 Å². The van der Waals surface area contributed by atoms with Gasteiger partial charge in [-0.1, -0.05) is 89.5 Å². The van der Waals surface area contributed by atoms with E-state index in [9.17, 15) is 4.79 Å². The molecule has 0 bridgehead atoms. The Morgan fingerprint density at radius 1 is 0.684 bits per heavy atom. The van der Waals surface area contributed by atoms with Gasteiger partial charge in [-0.05, 0) is 78.9 Å². The third kappa shape index (κ3) is 10.4. The van der Waals surface area contributed by atoms with Gasteiger partial charge in [-0.25, -0.2) is 4.79 Å². The standard InChI is InChI=1S/C34H46O4/c1-4-6-8-10-11-13-23-36-32-21-19-31-25-33(22-20-30(31)24-32)37-26-28-15-17-29(18-16-28)34(35)38-27(3)14-12-9-7-5-2/h15-22,24-25,27H,4-14,23,26H2,1-3H3/t27-/m1/s1. The minimum Gasteiger partial charge on any atom is -0.494 e. The van der Waals surface area contributed by atoms with Crippen molar-refractivity contribution in [3.8, 4) is 11.5 Å². The van der Waals surface area contributed by atoms with Crippen LogP contribution < -0.4 is 9.47 Å². The van der Waals surface area contributed by atoms with Gasteiger partial charge in [0.25, 0.3) is 0 Å². The highest BCUT2D eigenvalue weighted by Crippen LogP contribution is 2.26. The van der Waals surface area contributed by atoms with Crippen LogP contribution in [0.4, 0.5) is 0 Å². The van der Waals surface area contributed by atoms with Crippen LogP contribution in [-0.2, 0) is 11.3 Å². The van der Waals surface area contributed by atoms with Crippen molar-refractivity contribution in [2.75, 3.05) is 6.61 Å². The molecule has 206 valence electrons. The minimum absolute atomic E-state index is 0.0572. The third-order valence-corrected chi connectivity index (χ3v) is 6.92. The van der Waals surface area contributed by atoms with Gasteiger partial charge in [0.05, 0.1) is 18.3 Å². The monoisotopic (exact) mass is 518 g/mol. The number of hydrogen-bond donors (Lipinski definition) is 0. The Labute approximate surface area is 229 Å². The average Bonchev–Trinajstić information content (AvgIpc) is 2.94. The Balaban J connectivity index is 1.43. The maximum atomic E-state index is 12.4. The van der Waals surface area contributed by atoms with E-state index in [2.05, 4.69) is 38.1 Å². The largest absolute Gasteiger partial charge is 0.494 e. The Bertz CT molecular complexity index is 1090. The van der Waals surface area contributed by atoms with Gasteiger partial charge in [-0.2, -0.15) is 0 Å². The summed E-state index contributed by atoms with van der Waals surface area (Å²) in [5.41, 5.74) is 1.59. The van der Waals surface area contributed by atoms with E-state index in [1.54, 1.807) is 0 Å². The van der Waals surface area contributed by atoms with Crippen molar-refractivity contribution >= 4 is 16.7 Å². The molecule has 38 heavy (non-hydrogen) atoms. The molecule has 4 heteroatoms. The van der Waals surface area contributed by atoms with Crippen molar-refractivity contribution in [1.29, 1.82) is 0 Å². The van der Waals surface area contributed by atoms with Gasteiger partial charge in [-0.3, -0.25) is 0 Å². The number of benzene rings is 3. The SMILES string of the molecule is CCCCCCCCOc1ccc2cc(OCc3ccc(C(=O)O[C@H](C)CCCCCC)cc3)ccc2c1. The first-order valence-corrected chi connectivity index (χ1v) is 14.7. The molecule has 3 aromatic rings. The Kier molecular flexibility index (Phi) is 13.0. The van der Waals surface area contributed by atoms with Gasteiger partial charge in [0.1, 0.15) is 18.1 Å². The second-order valence-corrected chi connectivity index (χ2v) is 10.3. The first-order valence-electron chi connectivity index (χ1n) is 14.7. The molecule has 0 aromatic heterocycles. The smallest absolute Gasteiger partial charge is 0.338 e. The van der Waals surface area contributed by atoms with Gasteiger partial charge in [0.15, 0.2) is 0 Å². The molecule has 0 fully saturated rings. The number of ether oxygens (including phenoxy) is 3. The molecular formula is C34H46O4. The van der Waals surface area contributed by atoms with E-state index in [0.29, 0.717) is 12.2 Å². The summed E-state index contributed by atoms with van der Waals surface area (Å²) in [6, 6.07) is 19.8. The zero-order valence-corrected chi connectivity index (χ0v) is 23.7.